The average Bonchev–Trinajstić information content (AvgIpc) is 3.10. The molecule has 1 heterocycles. The smallest absolute Gasteiger partial charge is 0.254 e. The number of halogens is 1. The molecule has 1 aliphatic heterocycles. The minimum Gasteiger partial charge on any atom is -0.491 e. The molecule has 1 aromatic rings. The quantitative estimate of drug-likeness (QED) is 0.180. The summed E-state index contributed by atoms with van der Waals surface area (Å²) in [5.41, 5.74) is 2.02. The third kappa shape index (κ3) is 7.17. The molecule has 11 nitrogen and oxygen atoms in total. The van der Waals surface area contributed by atoms with E-state index in [0.29, 0.717) is 24.0 Å². The number of nitrogens with one attached hydrogen (secondary N) is 2. The SMILES string of the molecule is Cc1cc(OC(C)CCN=O)cc(OCC(CNC(=O)CNF)N2C(=O)C=CC2=O)c1C=O. The van der Waals surface area contributed by atoms with E-state index in [9.17, 15) is 28.6 Å². The van der Waals surface area contributed by atoms with Gasteiger partial charge in [0, 0.05) is 31.2 Å². The number of nitrogens with zero attached hydrogens (tertiary/aromatic N) is 2. The Hall–Kier alpha value is -3.67. The number of nitroso groups, excluding NO2 is 1. The van der Waals surface area contributed by atoms with Crippen molar-refractivity contribution in [3.05, 3.63) is 40.3 Å². The molecule has 2 unspecified atom stereocenters. The van der Waals surface area contributed by atoms with E-state index in [-0.39, 0.29) is 37.1 Å². The molecule has 0 aliphatic carbocycles. The number of rotatable bonds is 14. The van der Waals surface area contributed by atoms with Crippen LogP contribution in [0.3, 0.4) is 0 Å². The maximum atomic E-state index is 12.2. The van der Waals surface area contributed by atoms with Crippen LogP contribution in [0.2, 0.25) is 0 Å². The topological polar surface area (TPSA) is 143 Å². The van der Waals surface area contributed by atoms with Crippen LogP contribution < -0.4 is 20.3 Å². The van der Waals surface area contributed by atoms with Gasteiger partial charge in [0.15, 0.2) is 6.29 Å². The Morgan fingerprint density at radius 2 is 1.97 bits per heavy atom. The highest BCUT2D eigenvalue weighted by Crippen LogP contribution is 2.29. The van der Waals surface area contributed by atoms with E-state index >= 15 is 0 Å². The number of carbonyl (C=O) groups excluding carboxylic acids is 4. The summed E-state index contributed by atoms with van der Waals surface area (Å²) in [4.78, 5) is 58.7. The maximum absolute atomic E-state index is 12.2. The van der Waals surface area contributed by atoms with Crippen molar-refractivity contribution in [2.24, 2.45) is 5.18 Å². The van der Waals surface area contributed by atoms with E-state index in [2.05, 4.69) is 10.5 Å². The van der Waals surface area contributed by atoms with Crippen molar-refractivity contribution in [3.63, 3.8) is 0 Å². The fourth-order valence-electron chi connectivity index (χ4n) is 3.14. The minimum atomic E-state index is -0.925. The van der Waals surface area contributed by atoms with E-state index in [1.807, 2.05) is 0 Å². The van der Waals surface area contributed by atoms with Crippen molar-refractivity contribution in [2.45, 2.75) is 32.4 Å². The van der Waals surface area contributed by atoms with Crippen molar-refractivity contribution in [1.82, 2.24) is 15.8 Å². The summed E-state index contributed by atoms with van der Waals surface area (Å²) in [6.07, 6.45) is 2.85. The number of ether oxygens (including phenoxy) is 2. The molecule has 2 N–H and O–H groups in total. The minimum absolute atomic E-state index is 0.0905. The summed E-state index contributed by atoms with van der Waals surface area (Å²) in [5.74, 6) is -1.33. The van der Waals surface area contributed by atoms with Gasteiger partial charge in [0.1, 0.15) is 24.7 Å². The van der Waals surface area contributed by atoms with Gasteiger partial charge in [-0.2, -0.15) is 4.91 Å². The molecule has 0 spiro atoms. The van der Waals surface area contributed by atoms with Gasteiger partial charge in [0.05, 0.1) is 24.3 Å². The highest BCUT2D eigenvalue weighted by molar-refractivity contribution is 6.13. The molecule has 1 aliphatic rings. The van der Waals surface area contributed by atoms with Crippen molar-refractivity contribution < 1.29 is 33.1 Å². The zero-order valence-corrected chi connectivity index (χ0v) is 18.2. The zero-order chi connectivity index (χ0) is 24.4. The summed E-state index contributed by atoms with van der Waals surface area (Å²) >= 11 is 0. The molecule has 2 rings (SSSR count). The summed E-state index contributed by atoms with van der Waals surface area (Å²) in [5, 5.41) is 5.21. The van der Waals surface area contributed by atoms with Gasteiger partial charge in [0.25, 0.3) is 11.8 Å². The summed E-state index contributed by atoms with van der Waals surface area (Å²) in [6, 6.07) is 2.20. The molecule has 178 valence electrons. The van der Waals surface area contributed by atoms with E-state index in [0.717, 1.165) is 17.1 Å². The van der Waals surface area contributed by atoms with E-state index in [1.54, 1.807) is 19.9 Å². The van der Waals surface area contributed by atoms with Crippen LogP contribution in [0.5, 0.6) is 11.5 Å². The molecule has 0 saturated heterocycles. The van der Waals surface area contributed by atoms with Crippen LogP contribution >= 0.6 is 0 Å². The second-order valence-corrected chi connectivity index (χ2v) is 7.30. The van der Waals surface area contributed by atoms with Crippen LogP contribution in [0.1, 0.15) is 29.3 Å². The fraction of sp³-hybridized carbons (Fsp3) is 0.429. The fourth-order valence-corrected chi connectivity index (χ4v) is 3.14. The van der Waals surface area contributed by atoms with Crippen LogP contribution in [-0.2, 0) is 14.4 Å². The van der Waals surface area contributed by atoms with Crippen molar-refractivity contribution in [2.75, 3.05) is 26.2 Å². The van der Waals surface area contributed by atoms with Crippen molar-refractivity contribution >= 4 is 24.0 Å². The molecule has 3 amide bonds. The normalized spacial score (nSPS) is 14.7. The standard InChI is InChI=1S/C21H25FN4O7/c1-13-7-16(33-14(2)5-6-25-31)8-18(17(13)11-27)32-12-15(9-23-19(28)10-24-22)26-20(29)3-4-21(26)30/h3-4,7-8,11,14-15,24H,5-6,9-10,12H2,1-2H3,(H,23,28). The molecule has 12 heteroatoms. The first kappa shape index (κ1) is 25.6. The van der Waals surface area contributed by atoms with E-state index in [1.165, 1.54) is 11.6 Å². The van der Waals surface area contributed by atoms with Crippen LogP contribution in [0.25, 0.3) is 0 Å². The largest absolute Gasteiger partial charge is 0.491 e. The predicted octanol–water partition coefficient (Wildman–Crippen LogP) is 0.994. The Morgan fingerprint density at radius 1 is 1.27 bits per heavy atom. The highest BCUT2D eigenvalue weighted by Gasteiger charge is 2.32. The Kier molecular flexibility index (Phi) is 9.61. The number of imide groups is 1. The van der Waals surface area contributed by atoms with Gasteiger partial charge in [0.2, 0.25) is 5.91 Å². The third-order valence-corrected chi connectivity index (χ3v) is 4.81. The number of hydrogen-bond donors (Lipinski definition) is 2. The Labute approximate surface area is 189 Å². The zero-order valence-electron chi connectivity index (χ0n) is 18.2. The Morgan fingerprint density at radius 3 is 2.58 bits per heavy atom. The van der Waals surface area contributed by atoms with Gasteiger partial charge in [-0.1, -0.05) is 5.18 Å². The first-order chi connectivity index (χ1) is 15.8. The molecule has 0 bridgehead atoms. The molecule has 0 radical (unpaired) electrons. The molecular formula is C21H25FN4O7. The lowest BCUT2D eigenvalue weighted by molar-refractivity contribution is -0.140. The van der Waals surface area contributed by atoms with Gasteiger partial charge in [-0.25, -0.2) is 0 Å². The average molecular weight is 464 g/mol. The van der Waals surface area contributed by atoms with Crippen LogP contribution in [0.4, 0.5) is 4.48 Å². The summed E-state index contributed by atoms with van der Waals surface area (Å²) in [7, 11) is 0. The summed E-state index contributed by atoms with van der Waals surface area (Å²) < 4.78 is 23.7. The molecule has 0 saturated carbocycles. The number of carbonyl (C=O) groups is 4. The lowest BCUT2D eigenvalue weighted by Crippen LogP contribution is -2.50. The maximum Gasteiger partial charge on any atom is 0.254 e. The number of aldehydes is 1. The van der Waals surface area contributed by atoms with E-state index in [4.69, 9.17) is 9.47 Å². The Balaban J connectivity index is 2.20. The Bertz CT molecular complexity index is 919. The van der Waals surface area contributed by atoms with Crippen molar-refractivity contribution in [1.29, 1.82) is 0 Å². The third-order valence-electron chi connectivity index (χ3n) is 4.81. The van der Waals surface area contributed by atoms with Gasteiger partial charge >= 0.3 is 0 Å². The second-order valence-electron chi connectivity index (χ2n) is 7.30. The molecule has 33 heavy (non-hydrogen) atoms. The van der Waals surface area contributed by atoms with Crippen LogP contribution in [0.15, 0.2) is 29.5 Å². The molecule has 1 aromatic carbocycles. The predicted molar refractivity (Wildman–Crippen MR) is 114 cm³/mol. The summed E-state index contributed by atoms with van der Waals surface area (Å²) in [6.45, 7) is 2.49. The highest BCUT2D eigenvalue weighted by atomic mass is 19.2. The first-order valence-electron chi connectivity index (χ1n) is 10.1. The van der Waals surface area contributed by atoms with Gasteiger partial charge in [-0.15, -0.1) is 10.0 Å². The lowest BCUT2D eigenvalue weighted by atomic mass is 10.1. The number of amides is 3. The van der Waals surface area contributed by atoms with Gasteiger partial charge < -0.3 is 14.8 Å². The van der Waals surface area contributed by atoms with Gasteiger partial charge in [-0.05, 0) is 25.5 Å². The molecular weight excluding hydrogens is 439 g/mol. The van der Waals surface area contributed by atoms with Crippen molar-refractivity contribution in [3.8, 4) is 11.5 Å². The molecule has 0 fully saturated rings. The number of benzene rings is 1. The number of aryl methyl sites for hydroxylation is 1. The first-order valence-corrected chi connectivity index (χ1v) is 10.1. The monoisotopic (exact) mass is 464 g/mol. The molecule has 2 atom stereocenters. The van der Waals surface area contributed by atoms with Crippen LogP contribution in [-0.4, -0.2) is 67.3 Å². The second kappa shape index (κ2) is 12.4. The van der Waals surface area contributed by atoms with E-state index < -0.39 is 30.3 Å². The molecule has 0 aromatic heterocycles. The van der Waals surface area contributed by atoms with Gasteiger partial charge in [-0.3, -0.25) is 24.1 Å². The van der Waals surface area contributed by atoms with Crippen LogP contribution in [0, 0.1) is 11.8 Å². The lowest BCUT2D eigenvalue weighted by Gasteiger charge is -2.27. The number of hydrogen-bond acceptors (Lipinski definition) is 9.